The van der Waals surface area contributed by atoms with Gasteiger partial charge in [-0.25, -0.2) is 4.99 Å². The minimum absolute atomic E-state index is 0.538. The monoisotopic (exact) mass is 355 g/mol. The van der Waals surface area contributed by atoms with Gasteiger partial charge in [0.25, 0.3) is 0 Å². The number of guanidine groups is 1. The molecule has 5 nitrogen and oxygen atoms in total. The molecule has 0 radical (unpaired) electrons. The molecular weight excluding hydrogens is 322 g/mol. The van der Waals surface area contributed by atoms with E-state index >= 15 is 0 Å². The first-order valence-corrected chi connectivity index (χ1v) is 9.63. The maximum Gasteiger partial charge on any atom is 0.191 e. The fraction of sp³-hybridized carbons (Fsp3) is 0.524. The number of benzene rings is 1. The van der Waals surface area contributed by atoms with Crippen molar-refractivity contribution in [1.82, 2.24) is 20.5 Å². The molecule has 2 rings (SSSR count). The van der Waals surface area contributed by atoms with Crippen molar-refractivity contribution >= 4 is 16.7 Å². The Bertz CT molecular complexity index is 695. The zero-order chi connectivity index (χ0) is 18.9. The summed E-state index contributed by atoms with van der Waals surface area (Å²) < 4.78 is 0. The maximum atomic E-state index is 4.73. The van der Waals surface area contributed by atoms with Crippen molar-refractivity contribution in [3.05, 3.63) is 42.2 Å². The van der Waals surface area contributed by atoms with Gasteiger partial charge in [0.15, 0.2) is 5.96 Å². The van der Waals surface area contributed by atoms with Gasteiger partial charge in [0.2, 0.25) is 0 Å². The highest BCUT2D eigenvalue weighted by atomic mass is 15.2. The number of hydrogen-bond donors (Lipinski definition) is 2. The molecule has 26 heavy (non-hydrogen) atoms. The van der Waals surface area contributed by atoms with Crippen LogP contribution in [0.15, 0.2) is 41.5 Å². The van der Waals surface area contributed by atoms with Gasteiger partial charge >= 0.3 is 0 Å². The molecule has 1 aromatic heterocycles. The molecular formula is C21H33N5. The molecule has 2 N–H and O–H groups in total. The molecule has 2 aromatic rings. The van der Waals surface area contributed by atoms with E-state index in [2.05, 4.69) is 73.3 Å². The molecule has 1 aromatic carbocycles. The number of nitrogens with zero attached hydrogens (tertiary/aromatic N) is 3. The van der Waals surface area contributed by atoms with Crippen molar-refractivity contribution < 1.29 is 0 Å². The molecule has 0 atom stereocenters. The number of aromatic nitrogens is 1. The number of hydrogen-bond acceptors (Lipinski definition) is 3. The van der Waals surface area contributed by atoms with E-state index in [9.17, 15) is 0 Å². The van der Waals surface area contributed by atoms with Crippen LogP contribution in [-0.2, 0) is 6.54 Å². The molecule has 1 heterocycles. The molecule has 0 bridgehead atoms. The molecule has 0 aliphatic carbocycles. The average molecular weight is 356 g/mol. The Morgan fingerprint density at radius 3 is 2.50 bits per heavy atom. The van der Waals surface area contributed by atoms with E-state index in [1.165, 1.54) is 10.8 Å². The van der Waals surface area contributed by atoms with Crippen molar-refractivity contribution in [2.24, 2.45) is 4.99 Å². The van der Waals surface area contributed by atoms with Crippen LogP contribution in [0.3, 0.4) is 0 Å². The van der Waals surface area contributed by atoms with Gasteiger partial charge in [0.1, 0.15) is 0 Å². The van der Waals surface area contributed by atoms with Gasteiger partial charge in [-0.2, -0.15) is 0 Å². The van der Waals surface area contributed by atoms with Crippen LogP contribution in [0.25, 0.3) is 10.8 Å². The zero-order valence-electron chi connectivity index (χ0n) is 16.8. The van der Waals surface area contributed by atoms with Crippen LogP contribution in [0, 0.1) is 0 Å². The summed E-state index contributed by atoms with van der Waals surface area (Å²) >= 11 is 0. The van der Waals surface area contributed by atoms with Crippen LogP contribution in [0.4, 0.5) is 0 Å². The number of aliphatic imine (C=N–C) groups is 1. The molecule has 0 fully saturated rings. The first kappa shape index (κ1) is 20.2. The summed E-state index contributed by atoms with van der Waals surface area (Å²) in [6, 6.07) is 11.4. The number of rotatable bonds is 8. The van der Waals surface area contributed by atoms with Gasteiger partial charge in [-0.1, -0.05) is 24.3 Å². The Kier molecular flexibility index (Phi) is 7.85. The molecule has 0 aliphatic rings. The molecule has 0 spiro atoms. The maximum absolute atomic E-state index is 4.73. The first-order valence-electron chi connectivity index (χ1n) is 9.63. The second-order valence-electron chi connectivity index (χ2n) is 7.03. The summed E-state index contributed by atoms with van der Waals surface area (Å²) in [5, 5.41) is 9.15. The smallest absolute Gasteiger partial charge is 0.191 e. The third-order valence-corrected chi connectivity index (χ3v) is 4.48. The van der Waals surface area contributed by atoms with Crippen molar-refractivity contribution in [3.63, 3.8) is 0 Å². The first-order chi connectivity index (χ1) is 12.5. The Balaban J connectivity index is 2.02. The standard InChI is InChI=1S/C21H33N5/c1-6-22-21(24-13-14-26(16(2)3)17(4)5)25-15-20-19-10-8-7-9-18(19)11-12-23-20/h7-12,16-17H,6,13-15H2,1-5H3,(H2,22,24,25). The Labute approximate surface area is 157 Å². The molecule has 0 unspecified atom stereocenters. The third-order valence-electron chi connectivity index (χ3n) is 4.48. The van der Waals surface area contributed by atoms with Crippen molar-refractivity contribution in [2.75, 3.05) is 19.6 Å². The molecule has 0 saturated heterocycles. The summed E-state index contributed by atoms with van der Waals surface area (Å²) in [5.74, 6) is 0.842. The van der Waals surface area contributed by atoms with E-state index in [4.69, 9.17) is 4.99 Å². The molecule has 0 amide bonds. The normalized spacial score (nSPS) is 12.4. The average Bonchev–Trinajstić information content (AvgIpc) is 2.62. The summed E-state index contributed by atoms with van der Waals surface area (Å²) in [5.41, 5.74) is 1.01. The van der Waals surface area contributed by atoms with Gasteiger partial charge in [-0.3, -0.25) is 9.88 Å². The zero-order valence-corrected chi connectivity index (χ0v) is 16.8. The fourth-order valence-corrected chi connectivity index (χ4v) is 3.22. The predicted molar refractivity (Wildman–Crippen MR) is 112 cm³/mol. The molecule has 0 aliphatic heterocycles. The largest absolute Gasteiger partial charge is 0.357 e. The van der Waals surface area contributed by atoms with Gasteiger partial charge in [-0.05, 0) is 46.1 Å². The van der Waals surface area contributed by atoms with Crippen LogP contribution < -0.4 is 10.6 Å². The number of fused-ring (bicyclic) bond motifs is 1. The van der Waals surface area contributed by atoms with Gasteiger partial charge in [-0.15, -0.1) is 0 Å². The van der Waals surface area contributed by atoms with E-state index < -0.39 is 0 Å². The highest BCUT2D eigenvalue weighted by molar-refractivity contribution is 5.85. The van der Waals surface area contributed by atoms with Crippen LogP contribution in [0.5, 0.6) is 0 Å². The van der Waals surface area contributed by atoms with E-state index in [1.54, 1.807) is 0 Å². The minimum atomic E-state index is 0.538. The summed E-state index contributed by atoms with van der Waals surface area (Å²) in [6.07, 6.45) is 1.86. The SMILES string of the molecule is CCNC(=NCc1nccc2ccccc12)NCCN(C(C)C)C(C)C. The van der Waals surface area contributed by atoms with Crippen LogP contribution in [0.1, 0.15) is 40.3 Å². The van der Waals surface area contributed by atoms with Gasteiger partial charge in [0.05, 0.1) is 12.2 Å². The lowest BCUT2D eigenvalue weighted by atomic mass is 10.1. The lowest BCUT2D eigenvalue weighted by Gasteiger charge is -2.30. The second-order valence-corrected chi connectivity index (χ2v) is 7.03. The summed E-state index contributed by atoms with van der Waals surface area (Å²) in [6.45, 7) is 14.3. The summed E-state index contributed by atoms with van der Waals surface area (Å²) in [7, 11) is 0. The number of nitrogens with one attached hydrogen (secondary N) is 2. The van der Waals surface area contributed by atoms with E-state index in [0.717, 1.165) is 31.3 Å². The highest BCUT2D eigenvalue weighted by Crippen LogP contribution is 2.16. The number of pyridine rings is 1. The fourth-order valence-electron chi connectivity index (χ4n) is 3.22. The Morgan fingerprint density at radius 1 is 1.08 bits per heavy atom. The van der Waals surface area contributed by atoms with Crippen molar-refractivity contribution in [1.29, 1.82) is 0 Å². The van der Waals surface area contributed by atoms with Crippen LogP contribution >= 0.6 is 0 Å². The van der Waals surface area contributed by atoms with E-state index in [-0.39, 0.29) is 0 Å². The minimum Gasteiger partial charge on any atom is -0.357 e. The third kappa shape index (κ3) is 5.70. The van der Waals surface area contributed by atoms with E-state index in [1.807, 2.05) is 18.3 Å². The highest BCUT2D eigenvalue weighted by Gasteiger charge is 2.12. The van der Waals surface area contributed by atoms with Crippen molar-refractivity contribution in [2.45, 2.75) is 53.2 Å². The lowest BCUT2D eigenvalue weighted by molar-refractivity contribution is 0.178. The quantitative estimate of drug-likeness (QED) is 0.563. The Morgan fingerprint density at radius 2 is 1.81 bits per heavy atom. The van der Waals surface area contributed by atoms with Gasteiger partial charge < -0.3 is 10.6 Å². The summed E-state index contributed by atoms with van der Waals surface area (Å²) in [4.78, 5) is 11.7. The van der Waals surface area contributed by atoms with Crippen molar-refractivity contribution in [3.8, 4) is 0 Å². The topological polar surface area (TPSA) is 52.6 Å². The molecule has 5 heteroatoms. The molecule has 142 valence electrons. The van der Waals surface area contributed by atoms with E-state index in [0.29, 0.717) is 18.6 Å². The van der Waals surface area contributed by atoms with Crippen LogP contribution in [-0.4, -0.2) is 47.6 Å². The Hall–Kier alpha value is -2.14. The predicted octanol–water partition coefficient (Wildman–Crippen LogP) is 3.41. The second kappa shape index (κ2) is 10.1. The molecule has 0 saturated carbocycles. The van der Waals surface area contributed by atoms with Gasteiger partial charge in [0, 0.05) is 43.3 Å². The van der Waals surface area contributed by atoms with Crippen LogP contribution in [0.2, 0.25) is 0 Å². The lowest BCUT2D eigenvalue weighted by Crippen LogP contribution is -2.45.